The molecule has 0 saturated heterocycles. The Hall–Kier alpha value is -0.530. The van der Waals surface area contributed by atoms with Gasteiger partial charge in [0.1, 0.15) is 9.45 Å². The van der Waals surface area contributed by atoms with Crippen molar-refractivity contribution in [2.45, 2.75) is 6.18 Å². The molecule has 0 unspecified atom stereocenters. The van der Waals surface area contributed by atoms with E-state index in [4.69, 9.17) is 0 Å². The Bertz CT molecular complexity index is 313. The van der Waals surface area contributed by atoms with Crippen LogP contribution in [0, 0.1) is 3.70 Å². The molecule has 0 N–H and O–H groups in total. The molecule has 0 atom stereocenters. The Labute approximate surface area is 86.3 Å². The summed E-state index contributed by atoms with van der Waals surface area (Å²) < 4.78 is 41.6. The number of halogens is 4. The molecule has 6 heteroatoms. The Morgan fingerprint density at radius 3 is 2.46 bits per heavy atom. The minimum atomic E-state index is -4.47. The number of rotatable bonds is 1. The summed E-state index contributed by atoms with van der Waals surface area (Å²) in [7, 11) is 1.18. The lowest BCUT2D eigenvalue weighted by molar-refractivity contribution is -0.142. The maximum atomic E-state index is 12.3. The highest BCUT2D eigenvalue weighted by Crippen LogP contribution is 2.34. The normalized spacial score (nSPS) is 11.5. The largest absolute Gasteiger partial charge is 0.494 e. The molecule has 0 aliphatic heterocycles. The summed E-state index contributed by atoms with van der Waals surface area (Å²) in [5, 5.41) is 0. The van der Waals surface area contributed by atoms with Crippen LogP contribution in [-0.2, 0) is 6.18 Å². The van der Waals surface area contributed by atoms with Crippen LogP contribution >= 0.6 is 22.6 Å². The molecule has 1 heterocycles. The number of ether oxygens (including phenoxy) is 1. The van der Waals surface area contributed by atoms with Gasteiger partial charge in [-0.1, -0.05) is 0 Å². The van der Waals surface area contributed by atoms with Crippen LogP contribution in [0.4, 0.5) is 13.2 Å². The van der Waals surface area contributed by atoms with Crippen LogP contribution in [0.3, 0.4) is 0 Å². The van der Waals surface area contributed by atoms with Crippen LogP contribution in [-0.4, -0.2) is 12.1 Å². The first-order chi connectivity index (χ1) is 5.95. The van der Waals surface area contributed by atoms with Gasteiger partial charge >= 0.3 is 6.18 Å². The standard InChI is InChI=1S/C7H5F3INO/c1-13-4-2-3-5(11)12-6(4)7(8,9)10/h2-3H,1H3. The van der Waals surface area contributed by atoms with Crippen molar-refractivity contribution < 1.29 is 17.9 Å². The topological polar surface area (TPSA) is 22.1 Å². The molecule has 1 rings (SSSR count). The van der Waals surface area contributed by atoms with Gasteiger partial charge in [-0.25, -0.2) is 4.98 Å². The number of nitrogens with zero attached hydrogens (tertiary/aromatic N) is 1. The number of methoxy groups -OCH3 is 1. The van der Waals surface area contributed by atoms with Gasteiger partial charge in [-0.05, 0) is 34.7 Å². The maximum Gasteiger partial charge on any atom is 0.437 e. The molecular weight excluding hydrogens is 298 g/mol. The van der Waals surface area contributed by atoms with Gasteiger partial charge in [-0.3, -0.25) is 0 Å². The Kier molecular flexibility index (Phi) is 2.99. The van der Waals surface area contributed by atoms with Gasteiger partial charge < -0.3 is 4.74 Å². The van der Waals surface area contributed by atoms with Crippen molar-refractivity contribution in [2.24, 2.45) is 0 Å². The van der Waals surface area contributed by atoms with Crippen LogP contribution in [0.1, 0.15) is 5.69 Å². The summed E-state index contributed by atoms with van der Waals surface area (Å²) in [5.74, 6) is -0.257. The van der Waals surface area contributed by atoms with Gasteiger partial charge in [0.2, 0.25) is 0 Å². The molecule has 1 aromatic heterocycles. The lowest BCUT2D eigenvalue weighted by atomic mass is 10.3. The summed E-state index contributed by atoms with van der Waals surface area (Å²) >= 11 is 1.71. The smallest absolute Gasteiger partial charge is 0.437 e. The molecule has 0 spiro atoms. The minimum absolute atomic E-state index is 0.257. The number of pyridine rings is 1. The summed E-state index contributed by atoms with van der Waals surface area (Å²) in [6.07, 6.45) is -4.47. The summed E-state index contributed by atoms with van der Waals surface area (Å²) in [6.45, 7) is 0. The molecule has 72 valence electrons. The van der Waals surface area contributed by atoms with E-state index in [1.807, 2.05) is 0 Å². The van der Waals surface area contributed by atoms with E-state index >= 15 is 0 Å². The van der Waals surface area contributed by atoms with E-state index in [1.165, 1.54) is 19.2 Å². The van der Waals surface area contributed by atoms with Crippen LogP contribution in [0.15, 0.2) is 12.1 Å². The molecule has 0 amide bonds. The molecule has 2 nitrogen and oxygen atoms in total. The first-order valence-electron chi connectivity index (χ1n) is 3.23. The van der Waals surface area contributed by atoms with Gasteiger partial charge in [0, 0.05) is 0 Å². The first kappa shape index (κ1) is 10.6. The fourth-order valence-electron chi connectivity index (χ4n) is 0.790. The van der Waals surface area contributed by atoms with Crippen LogP contribution < -0.4 is 4.74 Å². The number of hydrogen-bond acceptors (Lipinski definition) is 2. The third-order valence-corrected chi connectivity index (χ3v) is 1.91. The fraction of sp³-hybridized carbons (Fsp3) is 0.286. The Morgan fingerprint density at radius 2 is 2.00 bits per heavy atom. The third kappa shape index (κ3) is 2.45. The predicted molar refractivity (Wildman–Crippen MR) is 48.5 cm³/mol. The van der Waals surface area contributed by atoms with Crippen LogP contribution in [0.25, 0.3) is 0 Å². The van der Waals surface area contributed by atoms with E-state index in [9.17, 15) is 13.2 Å². The van der Waals surface area contributed by atoms with Crippen molar-refractivity contribution in [1.82, 2.24) is 4.98 Å². The van der Waals surface area contributed by atoms with Crippen molar-refractivity contribution in [2.75, 3.05) is 7.11 Å². The summed E-state index contributed by atoms with van der Waals surface area (Å²) in [5.41, 5.74) is -0.984. The average molecular weight is 303 g/mol. The van der Waals surface area contributed by atoms with E-state index in [0.29, 0.717) is 0 Å². The predicted octanol–water partition coefficient (Wildman–Crippen LogP) is 2.71. The minimum Gasteiger partial charge on any atom is -0.494 e. The molecule has 1 aromatic rings. The van der Waals surface area contributed by atoms with E-state index in [0.717, 1.165) is 0 Å². The molecule has 0 bridgehead atoms. The zero-order valence-electron chi connectivity index (χ0n) is 6.52. The van der Waals surface area contributed by atoms with E-state index in [1.54, 1.807) is 22.6 Å². The average Bonchev–Trinajstić information content (AvgIpc) is 2.03. The molecule has 0 saturated carbocycles. The van der Waals surface area contributed by atoms with Crippen molar-refractivity contribution in [3.05, 3.63) is 21.5 Å². The van der Waals surface area contributed by atoms with Gasteiger partial charge in [0.05, 0.1) is 7.11 Å². The Balaban J connectivity index is 3.24. The SMILES string of the molecule is COc1ccc(I)nc1C(F)(F)F. The number of alkyl halides is 3. The fourth-order valence-corrected chi connectivity index (χ4v) is 1.21. The number of hydrogen-bond donors (Lipinski definition) is 0. The molecule has 0 aromatic carbocycles. The molecule has 0 aliphatic rings. The van der Waals surface area contributed by atoms with Crippen LogP contribution in [0.5, 0.6) is 5.75 Å². The second kappa shape index (κ2) is 3.69. The second-order valence-corrected chi connectivity index (χ2v) is 3.29. The lowest BCUT2D eigenvalue weighted by Crippen LogP contribution is -2.10. The molecular formula is C7H5F3INO. The zero-order chi connectivity index (χ0) is 10.1. The van der Waals surface area contributed by atoms with Crippen molar-refractivity contribution >= 4 is 22.6 Å². The van der Waals surface area contributed by atoms with E-state index < -0.39 is 11.9 Å². The molecule has 0 aliphatic carbocycles. The first-order valence-corrected chi connectivity index (χ1v) is 4.30. The highest BCUT2D eigenvalue weighted by Gasteiger charge is 2.36. The van der Waals surface area contributed by atoms with Crippen molar-refractivity contribution in [3.63, 3.8) is 0 Å². The maximum absolute atomic E-state index is 12.3. The van der Waals surface area contributed by atoms with Crippen molar-refractivity contribution in [1.29, 1.82) is 0 Å². The highest BCUT2D eigenvalue weighted by molar-refractivity contribution is 14.1. The van der Waals surface area contributed by atoms with Gasteiger partial charge in [-0.15, -0.1) is 0 Å². The summed E-state index contributed by atoms with van der Waals surface area (Å²) in [4.78, 5) is 3.35. The van der Waals surface area contributed by atoms with E-state index in [-0.39, 0.29) is 9.45 Å². The monoisotopic (exact) mass is 303 g/mol. The number of aromatic nitrogens is 1. The van der Waals surface area contributed by atoms with Gasteiger partial charge in [0.25, 0.3) is 0 Å². The highest BCUT2D eigenvalue weighted by atomic mass is 127. The van der Waals surface area contributed by atoms with Crippen LogP contribution in [0.2, 0.25) is 0 Å². The Morgan fingerprint density at radius 1 is 1.38 bits per heavy atom. The molecule has 0 radical (unpaired) electrons. The third-order valence-electron chi connectivity index (χ3n) is 1.31. The molecule has 0 fully saturated rings. The van der Waals surface area contributed by atoms with Gasteiger partial charge in [-0.2, -0.15) is 13.2 Å². The molecule has 13 heavy (non-hydrogen) atoms. The second-order valence-electron chi connectivity index (χ2n) is 2.18. The van der Waals surface area contributed by atoms with Crippen molar-refractivity contribution in [3.8, 4) is 5.75 Å². The quantitative estimate of drug-likeness (QED) is 0.588. The zero-order valence-corrected chi connectivity index (χ0v) is 8.68. The van der Waals surface area contributed by atoms with Gasteiger partial charge in [0.15, 0.2) is 5.69 Å². The lowest BCUT2D eigenvalue weighted by Gasteiger charge is -2.10. The van der Waals surface area contributed by atoms with E-state index in [2.05, 4.69) is 9.72 Å². The summed E-state index contributed by atoms with van der Waals surface area (Å²) in [6, 6.07) is 2.70.